The molecule has 0 radical (unpaired) electrons. The highest BCUT2D eigenvalue weighted by Gasteiger charge is 2.08. The lowest BCUT2D eigenvalue weighted by atomic mass is 10.0. The number of hydrogen-bond donors (Lipinski definition) is 1. The van der Waals surface area contributed by atoms with Crippen LogP contribution in [0.4, 0.5) is 0 Å². The van der Waals surface area contributed by atoms with Gasteiger partial charge < -0.3 is 10.5 Å². The van der Waals surface area contributed by atoms with E-state index in [2.05, 4.69) is 14.7 Å². The quantitative estimate of drug-likeness (QED) is 0.286. The largest absolute Gasteiger partial charge is 0.468 e. The summed E-state index contributed by atoms with van der Waals surface area (Å²) >= 11 is 0. The number of primary amides is 1. The van der Waals surface area contributed by atoms with Crippen LogP contribution < -0.4 is 5.73 Å². The van der Waals surface area contributed by atoms with Crippen LogP contribution in [-0.4, -0.2) is 43.5 Å². The summed E-state index contributed by atoms with van der Waals surface area (Å²) in [6.07, 6.45) is 0. The standard InChI is InChI=1S/C16H15NO2.C15H14N2O/c1-19-15(18)12-17-16(13-8-4-2-5-9-13)14-10-6-3-7-11-14;16-14(18)11-17-15(12-7-3-1-4-8-12)13-9-5-2-6-10-13/h2-11H,12H2,1H3;1-10H,11H2,(H2,16,18). The van der Waals surface area contributed by atoms with Gasteiger partial charge in [0, 0.05) is 22.3 Å². The molecule has 0 aliphatic carbocycles. The predicted molar refractivity (Wildman–Crippen MR) is 148 cm³/mol. The van der Waals surface area contributed by atoms with Gasteiger partial charge in [0.15, 0.2) is 0 Å². The van der Waals surface area contributed by atoms with Crippen molar-refractivity contribution in [3.05, 3.63) is 144 Å². The Morgan fingerprint density at radius 1 is 0.568 bits per heavy atom. The summed E-state index contributed by atoms with van der Waals surface area (Å²) in [5, 5.41) is 0. The maximum absolute atomic E-state index is 11.2. The summed E-state index contributed by atoms with van der Waals surface area (Å²) in [5.41, 5.74) is 10.7. The molecule has 0 bridgehead atoms. The van der Waals surface area contributed by atoms with Crippen LogP contribution in [0.2, 0.25) is 0 Å². The minimum Gasteiger partial charge on any atom is -0.468 e. The molecule has 1 amide bonds. The zero-order chi connectivity index (χ0) is 26.3. The fraction of sp³-hybridized carbons (Fsp3) is 0.0968. The van der Waals surface area contributed by atoms with E-state index in [9.17, 15) is 9.59 Å². The van der Waals surface area contributed by atoms with E-state index in [0.717, 1.165) is 33.7 Å². The van der Waals surface area contributed by atoms with E-state index in [4.69, 9.17) is 5.73 Å². The zero-order valence-corrected chi connectivity index (χ0v) is 20.7. The molecule has 0 aliphatic rings. The van der Waals surface area contributed by atoms with Crippen molar-refractivity contribution in [1.29, 1.82) is 0 Å². The summed E-state index contributed by atoms with van der Waals surface area (Å²) < 4.78 is 4.63. The van der Waals surface area contributed by atoms with E-state index in [0.29, 0.717) is 0 Å². The van der Waals surface area contributed by atoms with Gasteiger partial charge in [-0.25, -0.2) is 0 Å². The van der Waals surface area contributed by atoms with Gasteiger partial charge in [-0.05, 0) is 0 Å². The van der Waals surface area contributed by atoms with Crippen molar-refractivity contribution in [3.63, 3.8) is 0 Å². The number of amides is 1. The van der Waals surface area contributed by atoms with E-state index in [1.165, 1.54) is 7.11 Å². The number of carbonyl (C=O) groups excluding carboxylic acids is 2. The normalized spacial score (nSPS) is 9.76. The lowest BCUT2D eigenvalue weighted by Gasteiger charge is -2.07. The Kier molecular flexibility index (Phi) is 10.5. The fourth-order valence-electron chi connectivity index (χ4n) is 3.45. The first-order valence-electron chi connectivity index (χ1n) is 11.7. The summed E-state index contributed by atoms with van der Waals surface area (Å²) in [6.45, 7) is 0.0226. The van der Waals surface area contributed by atoms with Gasteiger partial charge in [-0.15, -0.1) is 0 Å². The molecule has 6 nitrogen and oxygen atoms in total. The highest BCUT2D eigenvalue weighted by molar-refractivity contribution is 6.14. The van der Waals surface area contributed by atoms with Crippen molar-refractivity contribution in [2.75, 3.05) is 20.2 Å². The number of nitrogens with zero attached hydrogens (tertiary/aromatic N) is 2. The zero-order valence-electron chi connectivity index (χ0n) is 20.7. The van der Waals surface area contributed by atoms with Gasteiger partial charge in [0.2, 0.25) is 5.91 Å². The molecule has 0 unspecified atom stereocenters. The van der Waals surface area contributed by atoms with Crippen LogP contribution in [0.15, 0.2) is 131 Å². The lowest BCUT2D eigenvalue weighted by Crippen LogP contribution is -2.16. The van der Waals surface area contributed by atoms with Gasteiger partial charge in [-0.2, -0.15) is 0 Å². The smallest absolute Gasteiger partial charge is 0.327 e. The number of ether oxygens (including phenoxy) is 1. The van der Waals surface area contributed by atoms with Crippen molar-refractivity contribution in [3.8, 4) is 0 Å². The molecule has 0 saturated heterocycles. The van der Waals surface area contributed by atoms with Gasteiger partial charge in [0.1, 0.15) is 13.1 Å². The van der Waals surface area contributed by atoms with Crippen LogP contribution in [0.1, 0.15) is 22.3 Å². The van der Waals surface area contributed by atoms with E-state index >= 15 is 0 Å². The molecule has 0 atom stereocenters. The fourth-order valence-corrected chi connectivity index (χ4v) is 3.45. The molecule has 186 valence electrons. The number of nitrogens with two attached hydrogens (primary N) is 1. The molecular weight excluding hydrogens is 462 g/mol. The third-order valence-corrected chi connectivity index (χ3v) is 5.18. The third kappa shape index (κ3) is 8.71. The van der Waals surface area contributed by atoms with Crippen LogP contribution >= 0.6 is 0 Å². The van der Waals surface area contributed by atoms with E-state index in [1.807, 2.05) is 121 Å². The molecule has 0 aliphatic heterocycles. The van der Waals surface area contributed by atoms with Crippen LogP contribution in [-0.2, 0) is 14.3 Å². The number of aliphatic imine (C=N–C) groups is 2. The monoisotopic (exact) mass is 491 g/mol. The van der Waals surface area contributed by atoms with Crippen LogP contribution in [0.3, 0.4) is 0 Å². The average molecular weight is 492 g/mol. The first kappa shape index (κ1) is 26.8. The first-order chi connectivity index (χ1) is 18.1. The van der Waals surface area contributed by atoms with Crippen LogP contribution in [0, 0.1) is 0 Å². The highest BCUT2D eigenvalue weighted by Crippen LogP contribution is 2.12. The Morgan fingerprint density at radius 3 is 1.14 bits per heavy atom. The summed E-state index contributed by atoms with van der Waals surface area (Å²) in [7, 11) is 1.36. The Morgan fingerprint density at radius 2 is 0.865 bits per heavy atom. The third-order valence-electron chi connectivity index (χ3n) is 5.18. The number of benzene rings is 4. The summed E-state index contributed by atoms with van der Waals surface area (Å²) in [5.74, 6) is -0.774. The summed E-state index contributed by atoms with van der Waals surface area (Å²) in [6, 6.07) is 39.1. The van der Waals surface area contributed by atoms with Gasteiger partial charge >= 0.3 is 5.97 Å². The van der Waals surface area contributed by atoms with Crippen molar-refractivity contribution in [2.24, 2.45) is 15.7 Å². The van der Waals surface area contributed by atoms with E-state index in [1.54, 1.807) is 0 Å². The Labute approximate surface area is 217 Å². The highest BCUT2D eigenvalue weighted by atomic mass is 16.5. The number of esters is 1. The van der Waals surface area contributed by atoms with Gasteiger partial charge in [-0.3, -0.25) is 19.6 Å². The minimum absolute atomic E-state index is 0.000871. The second-order valence-electron chi connectivity index (χ2n) is 7.84. The number of carbonyl (C=O) groups is 2. The molecule has 2 N–H and O–H groups in total. The Bertz CT molecular complexity index is 1240. The topological polar surface area (TPSA) is 94.1 Å². The second kappa shape index (κ2) is 14.5. The van der Waals surface area contributed by atoms with Crippen LogP contribution in [0.5, 0.6) is 0 Å². The van der Waals surface area contributed by atoms with E-state index in [-0.39, 0.29) is 19.1 Å². The lowest BCUT2D eigenvalue weighted by molar-refractivity contribution is -0.138. The average Bonchev–Trinajstić information content (AvgIpc) is 2.96. The molecule has 0 spiro atoms. The van der Waals surface area contributed by atoms with Crippen molar-refractivity contribution in [2.45, 2.75) is 0 Å². The molecular formula is C31H29N3O3. The number of hydrogen-bond acceptors (Lipinski definition) is 5. The van der Waals surface area contributed by atoms with Gasteiger partial charge in [-0.1, -0.05) is 121 Å². The van der Waals surface area contributed by atoms with Gasteiger partial charge in [0.25, 0.3) is 0 Å². The molecule has 6 heteroatoms. The van der Waals surface area contributed by atoms with Crippen LogP contribution in [0.25, 0.3) is 0 Å². The molecule has 0 heterocycles. The predicted octanol–water partition coefficient (Wildman–Crippen LogP) is 4.71. The van der Waals surface area contributed by atoms with Crippen molar-refractivity contribution >= 4 is 23.3 Å². The van der Waals surface area contributed by atoms with Gasteiger partial charge in [0.05, 0.1) is 18.5 Å². The molecule has 4 aromatic carbocycles. The van der Waals surface area contributed by atoms with Crippen molar-refractivity contribution < 1.29 is 14.3 Å². The molecule has 0 aromatic heterocycles. The van der Waals surface area contributed by atoms with Crippen molar-refractivity contribution in [1.82, 2.24) is 0 Å². The molecule has 4 rings (SSSR count). The number of rotatable bonds is 8. The maximum atomic E-state index is 11.2. The molecule has 4 aromatic rings. The van der Waals surface area contributed by atoms with E-state index < -0.39 is 5.91 Å². The summed E-state index contributed by atoms with van der Waals surface area (Å²) in [4.78, 5) is 30.8. The maximum Gasteiger partial charge on any atom is 0.327 e. The number of methoxy groups -OCH3 is 1. The second-order valence-corrected chi connectivity index (χ2v) is 7.84. The molecule has 37 heavy (non-hydrogen) atoms. The SMILES string of the molecule is COC(=O)CN=C(c1ccccc1)c1ccccc1.NC(=O)CN=C(c1ccccc1)c1ccccc1. The first-order valence-corrected chi connectivity index (χ1v) is 11.7. The molecule has 0 fully saturated rings. The molecule has 0 saturated carbocycles. The Hall–Kier alpha value is -4.84. The minimum atomic E-state index is -0.431. The Balaban J connectivity index is 0.000000206.